The Morgan fingerprint density at radius 2 is 1.52 bits per heavy atom. The molecule has 1 spiro atoms. The van der Waals surface area contributed by atoms with E-state index < -0.39 is 15.6 Å². The minimum absolute atomic E-state index is 0.0124. The van der Waals surface area contributed by atoms with Gasteiger partial charge in [0.05, 0.1) is 11.6 Å². The molecule has 3 aliphatic rings. The molecule has 6 rings (SSSR count). The van der Waals surface area contributed by atoms with Crippen molar-refractivity contribution in [2.75, 3.05) is 44.3 Å². The summed E-state index contributed by atoms with van der Waals surface area (Å²) in [5, 5.41) is 1.87. The van der Waals surface area contributed by atoms with Gasteiger partial charge in [0.25, 0.3) is 0 Å². The van der Waals surface area contributed by atoms with Gasteiger partial charge >= 0.3 is 0 Å². The van der Waals surface area contributed by atoms with E-state index in [-0.39, 0.29) is 36.3 Å². The summed E-state index contributed by atoms with van der Waals surface area (Å²) in [6.45, 7) is 4.51. The SMILES string of the molecule is CC1CCN(C(=O)CN2CN(c3ccccc3)C3(CCN(S(=O)(=O)c4ccc5ccccc5c4)CC3)C2=O)CC1. The molecule has 3 saturated heterocycles. The van der Waals surface area contributed by atoms with Crippen LogP contribution in [0.3, 0.4) is 0 Å². The van der Waals surface area contributed by atoms with Crippen molar-refractivity contribution in [2.24, 2.45) is 5.92 Å². The van der Waals surface area contributed by atoms with Gasteiger partial charge in [0.2, 0.25) is 21.8 Å². The van der Waals surface area contributed by atoms with E-state index in [0.717, 1.165) is 42.4 Å². The quantitative estimate of drug-likeness (QED) is 0.473. The molecule has 0 atom stereocenters. The summed E-state index contributed by atoms with van der Waals surface area (Å²) in [5.41, 5.74) is 0.0245. The first-order valence-electron chi connectivity index (χ1n) is 14.2. The Kier molecular flexibility index (Phi) is 7.04. The van der Waals surface area contributed by atoms with Gasteiger partial charge in [0, 0.05) is 31.9 Å². The van der Waals surface area contributed by atoms with Gasteiger partial charge < -0.3 is 14.7 Å². The van der Waals surface area contributed by atoms with Crippen molar-refractivity contribution in [3.8, 4) is 0 Å². The first kappa shape index (κ1) is 26.8. The van der Waals surface area contributed by atoms with Crippen molar-refractivity contribution in [1.82, 2.24) is 14.1 Å². The molecule has 9 heteroatoms. The molecule has 0 bridgehead atoms. The molecule has 8 nitrogen and oxygen atoms in total. The van der Waals surface area contributed by atoms with Crippen molar-refractivity contribution in [1.29, 1.82) is 0 Å². The van der Waals surface area contributed by atoms with Gasteiger partial charge in [-0.15, -0.1) is 0 Å². The minimum atomic E-state index is -3.72. The van der Waals surface area contributed by atoms with E-state index in [9.17, 15) is 18.0 Å². The number of anilines is 1. The molecule has 0 aromatic heterocycles. The first-order valence-corrected chi connectivity index (χ1v) is 15.6. The van der Waals surface area contributed by atoms with Gasteiger partial charge in [0.15, 0.2) is 0 Å². The average Bonchev–Trinajstić information content (AvgIpc) is 3.24. The van der Waals surface area contributed by atoms with E-state index in [0.29, 0.717) is 25.4 Å². The maximum atomic E-state index is 14.1. The van der Waals surface area contributed by atoms with E-state index in [1.54, 1.807) is 17.0 Å². The normalized spacial score (nSPS) is 20.5. The largest absolute Gasteiger partial charge is 0.341 e. The van der Waals surface area contributed by atoms with Crippen LogP contribution in [0.25, 0.3) is 10.8 Å². The van der Waals surface area contributed by atoms with Gasteiger partial charge in [0.1, 0.15) is 12.1 Å². The highest BCUT2D eigenvalue weighted by molar-refractivity contribution is 7.89. The predicted octanol–water partition coefficient (Wildman–Crippen LogP) is 3.93. The van der Waals surface area contributed by atoms with E-state index in [4.69, 9.17) is 0 Å². The van der Waals surface area contributed by atoms with Crippen molar-refractivity contribution >= 4 is 38.3 Å². The summed E-state index contributed by atoms with van der Waals surface area (Å²) in [6, 6.07) is 22.7. The molecule has 210 valence electrons. The van der Waals surface area contributed by atoms with Gasteiger partial charge in [-0.3, -0.25) is 9.59 Å². The van der Waals surface area contributed by atoms with Gasteiger partial charge in [-0.05, 0) is 66.6 Å². The van der Waals surface area contributed by atoms with Gasteiger partial charge in [-0.2, -0.15) is 4.31 Å². The van der Waals surface area contributed by atoms with Crippen LogP contribution in [0.2, 0.25) is 0 Å². The Morgan fingerprint density at radius 1 is 0.875 bits per heavy atom. The molecule has 3 heterocycles. The van der Waals surface area contributed by atoms with Crippen LogP contribution in [0, 0.1) is 5.92 Å². The van der Waals surface area contributed by atoms with E-state index in [1.165, 1.54) is 4.31 Å². The molecular weight excluding hydrogens is 524 g/mol. The van der Waals surface area contributed by atoms with Crippen molar-refractivity contribution < 1.29 is 18.0 Å². The zero-order valence-electron chi connectivity index (χ0n) is 22.9. The average molecular weight is 561 g/mol. The number of hydrogen-bond acceptors (Lipinski definition) is 5. The van der Waals surface area contributed by atoms with Crippen molar-refractivity contribution in [2.45, 2.75) is 43.0 Å². The standard InChI is InChI=1S/C31H36N4O4S/c1-24-13-17-32(18-14-24)29(36)22-33-23-35(27-9-3-2-4-10-27)31(30(33)37)15-19-34(20-16-31)40(38,39)28-12-11-25-7-5-6-8-26(25)21-28/h2-12,21,24H,13-20,22-23H2,1H3. The molecule has 3 aromatic rings. The highest BCUT2D eigenvalue weighted by Gasteiger charge is 2.55. The third kappa shape index (κ3) is 4.75. The zero-order valence-corrected chi connectivity index (χ0v) is 23.7. The highest BCUT2D eigenvalue weighted by Crippen LogP contribution is 2.40. The number of sulfonamides is 1. The lowest BCUT2D eigenvalue weighted by Crippen LogP contribution is -2.57. The van der Waals surface area contributed by atoms with Crippen molar-refractivity contribution in [3.63, 3.8) is 0 Å². The number of rotatable bonds is 5. The lowest BCUT2D eigenvalue weighted by atomic mass is 9.86. The fraction of sp³-hybridized carbons (Fsp3) is 0.419. The predicted molar refractivity (Wildman–Crippen MR) is 155 cm³/mol. The molecular formula is C31H36N4O4S. The summed E-state index contributed by atoms with van der Waals surface area (Å²) in [5.74, 6) is 0.518. The number of carbonyl (C=O) groups is 2. The van der Waals surface area contributed by atoms with Crippen LogP contribution in [-0.4, -0.2) is 79.3 Å². The molecule has 3 aromatic carbocycles. The number of piperidine rings is 2. The molecule has 40 heavy (non-hydrogen) atoms. The third-order valence-electron chi connectivity index (χ3n) is 8.95. The molecule has 3 aliphatic heterocycles. The highest BCUT2D eigenvalue weighted by atomic mass is 32.2. The van der Waals surface area contributed by atoms with E-state index in [1.807, 2.05) is 65.6 Å². The number of likely N-dealkylation sites (tertiary alicyclic amines) is 1. The number of para-hydroxylation sites is 1. The first-order chi connectivity index (χ1) is 19.3. The molecule has 0 radical (unpaired) electrons. The van der Waals surface area contributed by atoms with Crippen LogP contribution in [0.4, 0.5) is 5.69 Å². The monoisotopic (exact) mass is 560 g/mol. The second kappa shape index (κ2) is 10.5. The second-order valence-corrected chi connectivity index (χ2v) is 13.4. The third-order valence-corrected chi connectivity index (χ3v) is 10.8. The molecule has 0 saturated carbocycles. The minimum Gasteiger partial charge on any atom is -0.341 e. The fourth-order valence-electron chi connectivity index (χ4n) is 6.42. The molecule has 3 fully saturated rings. The Balaban J connectivity index is 1.23. The van der Waals surface area contributed by atoms with Crippen LogP contribution in [0.1, 0.15) is 32.6 Å². The summed E-state index contributed by atoms with van der Waals surface area (Å²) >= 11 is 0. The lowest BCUT2D eigenvalue weighted by Gasteiger charge is -2.42. The zero-order chi connectivity index (χ0) is 27.9. The van der Waals surface area contributed by atoms with Crippen LogP contribution in [0.15, 0.2) is 77.7 Å². The van der Waals surface area contributed by atoms with Crippen LogP contribution >= 0.6 is 0 Å². The lowest BCUT2D eigenvalue weighted by molar-refractivity contribution is -0.141. The summed E-state index contributed by atoms with van der Waals surface area (Å²) in [4.78, 5) is 33.1. The number of fused-ring (bicyclic) bond motifs is 1. The number of benzene rings is 3. The van der Waals surface area contributed by atoms with Crippen molar-refractivity contribution in [3.05, 3.63) is 72.8 Å². The van der Waals surface area contributed by atoms with Crippen LogP contribution in [-0.2, 0) is 19.6 Å². The molecule has 0 unspecified atom stereocenters. The van der Waals surface area contributed by atoms with E-state index in [2.05, 4.69) is 11.8 Å². The number of carbonyl (C=O) groups excluding carboxylic acids is 2. The maximum Gasteiger partial charge on any atom is 0.250 e. The Morgan fingerprint density at radius 3 is 2.23 bits per heavy atom. The molecule has 2 amide bonds. The second-order valence-electron chi connectivity index (χ2n) is 11.4. The number of nitrogens with zero attached hydrogens (tertiary/aromatic N) is 4. The summed E-state index contributed by atoms with van der Waals surface area (Å²) < 4.78 is 28.8. The van der Waals surface area contributed by atoms with E-state index >= 15 is 0 Å². The summed E-state index contributed by atoms with van der Waals surface area (Å²) in [6.07, 6.45) is 2.70. The molecule has 0 N–H and O–H groups in total. The van der Waals surface area contributed by atoms with Gasteiger partial charge in [-0.1, -0.05) is 55.5 Å². The Labute approximate surface area is 236 Å². The Hall–Kier alpha value is -3.43. The van der Waals surface area contributed by atoms with Crippen LogP contribution in [0.5, 0.6) is 0 Å². The topological polar surface area (TPSA) is 81.2 Å². The Bertz CT molecular complexity index is 1510. The summed E-state index contributed by atoms with van der Waals surface area (Å²) in [7, 11) is -3.72. The smallest absolute Gasteiger partial charge is 0.250 e. The number of hydrogen-bond donors (Lipinski definition) is 0. The van der Waals surface area contributed by atoms with Crippen LogP contribution < -0.4 is 4.90 Å². The maximum absolute atomic E-state index is 14.1. The van der Waals surface area contributed by atoms with Gasteiger partial charge in [-0.25, -0.2) is 8.42 Å². The number of amides is 2. The molecule has 0 aliphatic carbocycles. The fourth-order valence-corrected chi connectivity index (χ4v) is 7.89.